The highest BCUT2D eigenvalue weighted by atomic mass is 35.5. The number of anilines is 1. The summed E-state index contributed by atoms with van der Waals surface area (Å²) in [5.41, 5.74) is 2.07. The molecule has 192 valence electrons. The highest BCUT2D eigenvalue weighted by molar-refractivity contribution is 7.92. The quantitative estimate of drug-likeness (QED) is 0.317. The van der Waals surface area contributed by atoms with E-state index in [1.165, 1.54) is 11.7 Å². The molecule has 2 aromatic carbocycles. The van der Waals surface area contributed by atoms with Crippen LogP contribution in [0.25, 0.3) is 21.5 Å². The predicted octanol–water partition coefficient (Wildman–Crippen LogP) is 3.13. The minimum atomic E-state index is -4.14. The summed E-state index contributed by atoms with van der Waals surface area (Å²) in [7, 11) is -2.91. The van der Waals surface area contributed by atoms with Crippen LogP contribution in [0.1, 0.15) is 0 Å². The lowest BCUT2D eigenvalue weighted by Crippen LogP contribution is -2.28. The number of amides is 2. The van der Waals surface area contributed by atoms with Crippen LogP contribution >= 0.6 is 34.3 Å². The van der Waals surface area contributed by atoms with E-state index in [1.54, 1.807) is 23.6 Å². The van der Waals surface area contributed by atoms with Crippen molar-refractivity contribution in [3.8, 4) is 11.3 Å². The van der Waals surface area contributed by atoms with Gasteiger partial charge in [-0.3, -0.25) is 14.4 Å². The summed E-state index contributed by atoms with van der Waals surface area (Å²) >= 11 is 8.25. The van der Waals surface area contributed by atoms with Gasteiger partial charge in [0.25, 0.3) is 5.91 Å². The Kier molecular flexibility index (Phi) is 8.17. The lowest BCUT2D eigenvalue weighted by Gasteiger charge is -2.04. The number of rotatable bonds is 8. The maximum atomic E-state index is 12.5. The Morgan fingerprint density at radius 1 is 1.14 bits per heavy atom. The lowest BCUT2D eigenvalue weighted by atomic mass is 10.2. The molecule has 37 heavy (non-hydrogen) atoms. The number of aromatic nitrogens is 2. The van der Waals surface area contributed by atoms with Crippen LogP contribution in [0.5, 0.6) is 0 Å². The Morgan fingerprint density at radius 2 is 1.89 bits per heavy atom. The van der Waals surface area contributed by atoms with Gasteiger partial charge in [0, 0.05) is 16.0 Å². The van der Waals surface area contributed by atoms with Gasteiger partial charge in [-0.05, 0) is 18.2 Å². The summed E-state index contributed by atoms with van der Waals surface area (Å²) in [6.07, 6.45) is 0. The standard InChI is InChI=1S/C23H19ClN4O6S3/c1-34-21(31)10-28-17-8-7-15(24)9-18(17)36-23(28)27-20(30)13-37(32,33)12-19(29)26-22-25-16(11-35-22)14-5-3-2-4-6-14/h2-9,11H,10,12-13H2,1H3,(H,25,26,29). The second kappa shape index (κ2) is 11.3. The summed E-state index contributed by atoms with van der Waals surface area (Å²) in [5, 5.41) is 4.88. The summed E-state index contributed by atoms with van der Waals surface area (Å²) in [5.74, 6) is -4.28. The van der Waals surface area contributed by atoms with Crippen molar-refractivity contribution >= 4 is 77.2 Å². The minimum Gasteiger partial charge on any atom is -0.468 e. The Hall–Kier alpha value is -3.39. The van der Waals surface area contributed by atoms with E-state index in [0.717, 1.165) is 28.2 Å². The first kappa shape index (κ1) is 26.7. The number of ether oxygens (including phenoxy) is 1. The van der Waals surface area contributed by atoms with Crippen LogP contribution in [-0.4, -0.2) is 54.4 Å². The van der Waals surface area contributed by atoms with Gasteiger partial charge in [-0.1, -0.05) is 53.3 Å². The molecule has 2 heterocycles. The highest BCUT2D eigenvalue weighted by Crippen LogP contribution is 2.25. The number of esters is 1. The first-order chi connectivity index (χ1) is 17.6. The normalized spacial score (nSPS) is 12.0. The number of methoxy groups -OCH3 is 1. The molecule has 0 radical (unpaired) electrons. The van der Waals surface area contributed by atoms with Crippen molar-refractivity contribution in [1.82, 2.24) is 9.55 Å². The number of sulfone groups is 1. The highest BCUT2D eigenvalue weighted by Gasteiger charge is 2.22. The monoisotopic (exact) mass is 578 g/mol. The van der Waals surface area contributed by atoms with E-state index >= 15 is 0 Å². The van der Waals surface area contributed by atoms with Gasteiger partial charge in [0.05, 0.1) is 23.0 Å². The van der Waals surface area contributed by atoms with Crippen molar-refractivity contribution in [2.24, 2.45) is 4.99 Å². The van der Waals surface area contributed by atoms with Gasteiger partial charge in [-0.2, -0.15) is 4.99 Å². The van der Waals surface area contributed by atoms with E-state index < -0.39 is 39.1 Å². The third-order valence-electron chi connectivity index (χ3n) is 4.89. The number of carbonyl (C=O) groups excluding carboxylic acids is 3. The SMILES string of the molecule is COC(=O)Cn1c(=NC(=O)CS(=O)(=O)CC(=O)Nc2nc(-c3ccccc3)cs2)sc2cc(Cl)ccc21. The average Bonchev–Trinajstić information content (AvgIpc) is 3.42. The molecule has 0 aliphatic heterocycles. The Bertz CT molecular complexity index is 1660. The molecule has 0 atom stereocenters. The lowest BCUT2D eigenvalue weighted by molar-refractivity contribution is -0.141. The summed E-state index contributed by atoms with van der Waals surface area (Å²) in [6, 6.07) is 14.2. The van der Waals surface area contributed by atoms with E-state index in [-0.39, 0.29) is 16.5 Å². The van der Waals surface area contributed by atoms with Crippen molar-refractivity contribution in [3.63, 3.8) is 0 Å². The largest absolute Gasteiger partial charge is 0.468 e. The number of thiazole rings is 2. The van der Waals surface area contributed by atoms with Gasteiger partial charge in [0.15, 0.2) is 19.8 Å². The molecule has 2 aromatic heterocycles. The van der Waals surface area contributed by atoms with Crippen LogP contribution in [0.3, 0.4) is 0 Å². The molecule has 0 aliphatic rings. The van der Waals surface area contributed by atoms with Crippen LogP contribution in [0.4, 0.5) is 5.13 Å². The zero-order valence-electron chi connectivity index (χ0n) is 19.2. The molecule has 0 saturated heterocycles. The fourth-order valence-electron chi connectivity index (χ4n) is 3.28. The van der Waals surface area contributed by atoms with E-state index in [9.17, 15) is 22.8 Å². The first-order valence-electron chi connectivity index (χ1n) is 10.6. The summed E-state index contributed by atoms with van der Waals surface area (Å²) in [6.45, 7) is -0.238. The van der Waals surface area contributed by atoms with Gasteiger partial charge in [0.2, 0.25) is 5.91 Å². The summed E-state index contributed by atoms with van der Waals surface area (Å²) < 4.78 is 31.8. The van der Waals surface area contributed by atoms with Gasteiger partial charge in [-0.25, -0.2) is 13.4 Å². The smallest absolute Gasteiger partial charge is 0.325 e. The molecule has 10 nitrogen and oxygen atoms in total. The number of hydrogen-bond acceptors (Lipinski definition) is 9. The van der Waals surface area contributed by atoms with E-state index in [0.29, 0.717) is 20.9 Å². The second-order valence-corrected chi connectivity index (χ2v) is 12.0. The first-order valence-corrected chi connectivity index (χ1v) is 14.5. The fraction of sp³-hybridized carbons (Fsp3) is 0.174. The Morgan fingerprint density at radius 3 is 2.62 bits per heavy atom. The molecule has 14 heteroatoms. The Labute approximate surface area is 224 Å². The average molecular weight is 579 g/mol. The molecule has 0 saturated carbocycles. The zero-order chi connectivity index (χ0) is 26.6. The molecule has 0 aliphatic carbocycles. The number of nitrogens with one attached hydrogen (secondary N) is 1. The maximum Gasteiger partial charge on any atom is 0.325 e. The van der Waals surface area contributed by atoms with E-state index in [1.807, 2.05) is 30.3 Å². The van der Waals surface area contributed by atoms with Crippen molar-refractivity contribution in [2.45, 2.75) is 6.54 Å². The van der Waals surface area contributed by atoms with Gasteiger partial charge >= 0.3 is 5.97 Å². The zero-order valence-corrected chi connectivity index (χ0v) is 22.4. The predicted molar refractivity (Wildman–Crippen MR) is 142 cm³/mol. The van der Waals surface area contributed by atoms with Crippen molar-refractivity contribution in [2.75, 3.05) is 23.9 Å². The minimum absolute atomic E-state index is 0.101. The van der Waals surface area contributed by atoms with Crippen LogP contribution < -0.4 is 10.1 Å². The number of fused-ring (bicyclic) bond motifs is 1. The number of hydrogen-bond donors (Lipinski definition) is 1. The fourth-order valence-corrected chi connectivity index (χ4v) is 6.36. The van der Waals surface area contributed by atoms with Crippen LogP contribution in [-0.2, 0) is 35.5 Å². The third kappa shape index (κ3) is 6.89. The number of carbonyl (C=O) groups is 3. The maximum absolute atomic E-state index is 12.5. The topological polar surface area (TPSA) is 137 Å². The Balaban J connectivity index is 1.47. The van der Waals surface area contributed by atoms with Crippen molar-refractivity contribution in [1.29, 1.82) is 0 Å². The molecule has 4 rings (SSSR count). The van der Waals surface area contributed by atoms with Gasteiger partial charge in [0.1, 0.15) is 18.1 Å². The summed E-state index contributed by atoms with van der Waals surface area (Å²) in [4.78, 5) is 45.0. The molecular weight excluding hydrogens is 560 g/mol. The molecule has 1 N–H and O–H groups in total. The van der Waals surface area contributed by atoms with Crippen LogP contribution in [0, 0.1) is 0 Å². The number of halogens is 1. The van der Waals surface area contributed by atoms with E-state index in [4.69, 9.17) is 16.3 Å². The van der Waals surface area contributed by atoms with Crippen molar-refractivity contribution in [3.05, 3.63) is 63.7 Å². The van der Waals surface area contributed by atoms with Gasteiger partial charge in [-0.15, -0.1) is 11.3 Å². The number of nitrogens with zero attached hydrogens (tertiary/aromatic N) is 3. The van der Waals surface area contributed by atoms with Gasteiger partial charge < -0.3 is 14.6 Å². The molecular formula is C23H19ClN4O6S3. The molecule has 0 fully saturated rings. The second-order valence-electron chi connectivity index (χ2n) is 7.65. The molecule has 0 bridgehead atoms. The third-order valence-corrected chi connectivity index (χ3v) is 8.32. The van der Waals surface area contributed by atoms with Crippen LogP contribution in [0.2, 0.25) is 5.02 Å². The van der Waals surface area contributed by atoms with Crippen LogP contribution in [0.15, 0.2) is 58.9 Å². The number of benzene rings is 2. The van der Waals surface area contributed by atoms with Crippen molar-refractivity contribution < 1.29 is 27.5 Å². The molecule has 0 unspecified atom stereocenters. The molecule has 2 amide bonds. The van der Waals surface area contributed by atoms with E-state index in [2.05, 4.69) is 15.3 Å². The molecule has 4 aromatic rings. The molecule has 0 spiro atoms.